The zero-order valence-electron chi connectivity index (χ0n) is 10.2. The van der Waals surface area contributed by atoms with Gasteiger partial charge in [-0.05, 0) is 45.0 Å². The highest BCUT2D eigenvalue weighted by Gasteiger charge is 2.28. The number of ether oxygens (including phenoxy) is 2. The summed E-state index contributed by atoms with van der Waals surface area (Å²) in [7, 11) is 1.60. The van der Waals surface area contributed by atoms with Gasteiger partial charge in [-0.15, -0.1) is 0 Å². The number of hydrogen-bond donors (Lipinski definition) is 0. The summed E-state index contributed by atoms with van der Waals surface area (Å²) in [4.78, 5) is 12.1. The lowest BCUT2D eigenvalue weighted by atomic mass is 9.96. The van der Waals surface area contributed by atoms with Crippen molar-refractivity contribution in [3.05, 3.63) is 29.8 Å². The molecule has 16 heavy (non-hydrogen) atoms. The van der Waals surface area contributed by atoms with Gasteiger partial charge < -0.3 is 9.47 Å². The van der Waals surface area contributed by atoms with Gasteiger partial charge in [0, 0.05) is 12.2 Å². The molecule has 3 heteroatoms. The lowest BCUT2D eigenvalue weighted by Gasteiger charge is -2.23. The van der Waals surface area contributed by atoms with Crippen LogP contribution < -0.4 is 4.74 Å². The first-order valence-corrected chi connectivity index (χ1v) is 5.34. The highest BCUT2D eigenvalue weighted by molar-refractivity contribution is 6.02. The summed E-state index contributed by atoms with van der Waals surface area (Å²) in [6.07, 6.45) is 0. The van der Waals surface area contributed by atoms with E-state index < -0.39 is 5.60 Å². The van der Waals surface area contributed by atoms with E-state index in [0.717, 1.165) is 5.75 Å². The molecule has 0 saturated carbocycles. The summed E-state index contributed by atoms with van der Waals surface area (Å²) in [5, 5.41) is 0. The maximum absolute atomic E-state index is 12.1. The van der Waals surface area contributed by atoms with E-state index in [4.69, 9.17) is 9.47 Å². The smallest absolute Gasteiger partial charge is 0.194 e. The van der Waals surface area contributed by atoms with E-state index in [1.54, 1.807) is 45.2 Å². The Kier molecular flexibility index (Phi) is 4.07. The molecule has 0 saturated heterocycles. The minimum atomic E-state index is -0.774. The first-order chi connectivity index (χ1) is 7.51. The molecule has 0 fully saturated rings. The van der Waals surface area contributed by atoms with Crippen LogP contribution in [0.5, 0.6) is 5.75 Å². The Morgan fingerprint density at radius 1 is 1.25 bits per heavy atom. The predicted octanol–water partition coefficient (Wildman–Crippen LogP) is 2.69. The van der Waals surface area contributed by atoms with Crippen molar-refractivity contribution < 1.29 is 14.3 Å². The molecule has 1 aromatic rings. The van der Waals surface area contributed by atoms with E-state index in [1.165, 1.54) is 0 Å². The first kappa shape index (κ1) is 12.7. The minimum Gasteiger partial charge on any atom is -0.497 e. The van der Waals surface area contributed by atoms with Gasteiger partial charge in [-0.25, -0.2) is 0 Å². The number of carbonyl (C=O) groups is 1. The molecule has 0 bridgehead atoms. The lowest BCUT2D eigenvalue weighted by molar-refractivity contribution is 0.00126. The lowest BCUT2D eigenvalue weighted by Crippen LogP contribution is -2.35. The Hall–Kier alpha value is -1.35. The van der Waals surface area contributed by atoms with Crippen LogP contribution in [-0.2, 0) is 4.74 Å². The molecule has 0 aliphatic carbocycles. The third-order valence-electron chi connectivity index (χ3n) is 2.40. The third kappa shape index (κ3) is 2.83. The molecular weight excluding hydrogens is 204 g/mol. The van der Waals surface area contributed by atoms with Gasteiger partial charge in [0.15, 0.2) is 5.78 Å². The van der Waals surface area contributed by atoms with Crippen LogP contribution in [-0.4, -0.2) is 25.1 Å². The molecule has 0 aliphatic rings. The van der Waals surface area contributed by atoms with E-state index in [1.807, 2.05) is 6.92 Å². The molecule has 0 N–H and O–H groups in total. The fraction of sp³-hybridized carbons (Fsp3) is 0.462. The Morgan fingerprint density at radius 2 is 1.81 bits per heavy atom. The second-order valence-electron chi connectivity index (χ2n) is 4.00. The zero-order chi connectivity index (χ0) is 12.2. The summed E-state index contributed by atoms with van der Waals surface area (Å²) < 4.78 is 10.5. The van der Waals surface area contributed by atoms with Crippen LogP contribution in [0.15, 0.2) is 24.3 Å². The van der Waals surface area contributed by atoms with Gasteiger partial charge >= 0.3 is 0 Å². The molecule has 88 valence electrons. The SMILES string of the molecule is CCOC(C)(C)C(=O)c1ccc(OC)cc1. The summed E-state index contributed by atoms with van der Waals surface area (Å²) >= 11 is 0. The summed E-state index contributed by atoms with van der Waals surface area (Å²) in [5.41, 5.74) is -0.136. The summed E-state index contributed by atoms with van der Waals surface area (Å²) in [6, 6.07) is 7.05. The Labute approximate surface area is 96.4 Å². The quantitative estimate of drug-likeness (QED) is 0.718. The van der Waals surface area contributed by atoms with Crippen LogP contribution in [0.4, 0.5) is 0 Å². The van der Waals surface area contributed by atoms with E-state index >= 15 is 0 Å². The van der Waals surface area contributed by atoms with Crippen LogP contribution in [0, 0.1) is 0 Å². The van der Waals surface area contributed by atoms with E-state index in [2.05, 4.69) is 0 Å². The molecule has 0 radical (unpaired) electrons. The number of carbonyl (C=O) groups excluding carboxylic acids is 1. The number of benzene rings is 1. The highest BCUT2D eigenvalue weighted by Crippen LogP contribution is 2.19. The topological polar surface area (TPSA) is 35.5 Å². The average Bonchev–Trinajstić information content (AvgIpc) is 2.28. The fourth-order valence-corrected chi connectivity index (χ4v) is 1.52. The summed E-state index contributed by atoms with van der Waals surface area (Å²) in [5.74, 6) is 0.725. The number of methoxy groups -OCH3 is 1. The van der Waals surface area contributed by atoms with Gasteiger partial charge in [0.1, 0.15) is 11.4 Å². The van der Waals surface area contributed by atoms with Gasteiger partial charge in [-0.1, -0.05) is 0 Å². The molecular formula is C13H18O3. The third-order valence-corrected chi connectivity index (χ3v) is 2.40. The molecule has 1 rings (SSSR count). The van der Waals surface area contributed by atoms with Crippen molar-refractivity contribution in [2.24, 2.45) is 0 Å². The van der Waals surface area contributed by atoms with Gasteiger partial charge in [-0.2, -0.15) is 0 Å². The van der Waals surface area contributed by atoms with Crippen molar-refractivity contribution in [1.82, 2.24) is 0 Å². The van der Waals surface area contributed by atoms with Crippen LogP contribution in [0.1, 0.15) is 31.1 Å². The average molecular weight is 222 g/mol. The van der Waals surface area contributed by atoms with Crippen molar-refractivity contribution in [2.45, 2.75) is 26.4 Å². The molecule has 0 aromatic heterocycles. The number of hydrogen-bond acceptors (Lipinski definition) is 3. The maximum Gasteiger partial charge on any atom is 0.194 e. The van der Waals surface area contributed by atoms with Crippen molar-refractivity contribution in [3.63, 3.8) is 0 Å². The Bertz CT molecular complexity index is 352. The Morgan fingerprint density at radius 3 is 2.25 bits per heavy atom. The fourth-order valence-electron chi connectivity index (χ4n) is 1.52. The molecule has 0 unspecified atom stereocenters. The van der Waals surface area contributed by atoms with Crippen molar-refractivity contribution in [2.75, 3.05) is 13.7 Å². The van der Waals surface area contributed by atoms with Crippen molar-refractivity contribution in [1.29, 1.82) is 0 Å². The second-order valence-corrected chi connectivity index (χ2v) is 4.00. The minimum absolute atomic E-state index is 0.0167. The zero-order valence-corrected chi connectivity index (χ0v) is 10.2. The molecule has 0 heterocycles. The maximum atomic E-state index is 12.1. The second kappa shape index (κ2) is 5.12. The van der Waals surface area contributed by atoms with Gasteiger partial charge in [0.05, 0.1) is 7.11 Å². The predicted molar refractivity (Wildman–Crippen MR) is 63.0 cm³/mol. The first-order valence-electron chi connectivity index (χ1n) is 5.34. The number of ketones is 1. The molecule has 0 atom stereocenters. The molecule has 3 nitrogen and oxygen atoms in total. The van der Waals surface area contributed by atoms with Crippen LogP contribution in [0.25, 0.3) is 0 Å². The van der Waals surface area contributed by atoms with Crippen LogP contribution in [0.2, 0.25) is 0 Å². The molecule has 0 aliphatic heterocycles. The van der Waals surface area contributed by atoms with Crippen molar-refractivity contribution >= 4 is 5.78 Å². The van der Waals surface area contributed by atoms with E-state index in [-0.39, 0.29) is 5.78 Å². The van der Waals surface area contributed by atoms with Crippen molar-refractivity contribution in [3.8, 4) is 5.75 Å². The standard InChI is InChI=1S/C13H18O3/c1-5-16-13(2,3)12(14)10-6-8-11(15-4)9-7-10/h6-9H,5H2,1-4H3. The summed E-state index contributed by atoms with van der Waals surface area (Å²) in [6.45, 7) is 5.96. The Balaban J connectivity index is 2.87. The molecule has 1 aromatic carbocycles. The van der Waals surface area contributed by atoms with Gasteiger partial charge in [-0.3, -0.25) is 4.79 Å². The van der Waals surface area contributed by atoms with Gasteiger partial charge in [0.2, 0.25) is 0 Å². The van der Waals surface area contributed by atoms with Crippen LogP contribution >= 0.6 is 0 Å². The largest absolute Gasteiger partial charge is 0.497 e. The molecule has 0 spiro atoms. The number of rotatable bonds is 5. The van der Waals surface area contributed by atoms with E-state index in [0.29, 0.717) is 12.2 Å². The normalized spacial score (nSPS) is 11.2. The monoisotopic (exact) mass is 222 g/mol. The van der Waals surface area contributed by atoms with Gasteiger partial charge in [0.25, 0.3) is 0 Å². The molecule has 0 amide bonds. The van der Waals surface area contributed by atoms with Crippen LogP contribution in [0.3, 0.4) is 0 Å². The van der Waals surface area contributed by atoms with E-state index in [9.17, 15) is 4.79 Å². The number of Topliss-reactive ketones (excluding diaryl/α,β-unsaturated/α-hetero) is 1. The highest BCUT2D eigenvalue weighted by atomic mass is 16.5.